The monoisotopic (exact) mass is 255 g/mol. The highest BCUT2D eigenvalue weighted by Crippen LogP contribution is 2.28. The number of carbonyl (C=O) groups is 1. The van der Waals surface area contributed by atoms with Crippen LogP contribution in [-0.4, -0.2) is 18.2 Å². The SMILES string of the molecule is N#CCNC(=O)CSc1cc(N)ccc1Cl. The van der Waals surface area contributed by atoms with Crippen molar-refractivity contribution in [2.24, 2.45) is 0 Å². The van der Waals surface area contributed by atoms with Crippen molar-refractivity contribution in [2.75, 3.05) is 18.0 Å². The minimum absolute atomic E-state index is 0.0179. The van der Waals surface area contributed by atoms with E-state index in [1.807, 2.05) is 6.07 Å². The van der Waals surface area contributed by atoms with Crippen LogP contribution in [0.1, 0.15) is 0 Å². The van der Waals surface area contributed by atoms with Crippen molar-refractivity contribution in [3.05, 3.63) is 23.2 Å². The fourth-order valence-electron chi connectivity index (χ4n) is 0.963. The summed E-state index contributed by atoms with van der Waals surface area (Å²) >= 11 is 7.21. The maximum atomic E-state index is 11.2. The van der Waals surface area contributed by atoms with E-state index in [1.54, 1.807) is 18.2 Å². The van der Waals surface area contributed by atoms with Crippen LogP contribution in [0.3, 0.4) is 0 Å². The van der Waals surface area contributed by atoms with E-state index in [2.05, 4.69) is 5.32 Å². The molecular formula is C10H10ClN3OS. The molecule has 0 bridgehead atoms. The third kappa shape index (κ3) is 4.01. The molecule has 0 spiro atoms. The summed E-state index contributed by atoms with van der Waals surface area (Å²) in [4.78, 5) is 12.0. The van der Waals surface area contributed by atoms with Crippen molar-refractivity contribution in [2.45, 2.75) is 4.90 Å². The van der Waals surface area contributed by atoms with E-state index in [-0.39, 0.29) is 18.2 Å². The highest BCUT2D eigenvalue weighted by atomic mass is 35.5. The molecule has 0 aliphatic carbocycles. The average Bonchev–Trinajstić information content (AvgIpc) is 2.27. The number of anilines is 1. The molecule has 1 aromatic rings. The van der Waals surface area contributed by atoms with Gasteiger partial charge in [-0.1, -0.05) is 11.6 Å². The Balaban J connectivity index is 2.51. The molecule has 3 N–H and O–H groups in total. The quantitative estimate of drug-likeness (QED) is 0.487. The predicted octanol–water partition coefficient (Wildman–Crippen LogP) is 1.65. The Morgan fingerprint density at radius 1 is 1.62 bits per heavy atom. The number of rotatable bonds is 4. The fourth-order valence-corrected chi connectivity index (χ4v) is 2.06. The molecule has 0 aliphatic rings. The van der Waals surface area contributed by atoms with Crippen molar-refractivity contribution in [1.29, 1.82) is 5.26 Å². The number of amides is 1. The molecule has 0 fully saturated rings. The molecule has 0 atom stereocenters. The van der Waals surface area contributed by atoms with Crippen molar-refractivity contribution in [3.63, 3.8) is 0 Å². The third-order valence-electron chi connectivity index (χ3n) is 1.68. The summed E-state index contributed by atoms with van der Waals surface area (Å²) < 4.78 is 0. The number of nitrogens with one attached hydrogen (secondary N) is 1. The van der Waals surface area contributed by atoms with Crippen molar-refractivity contribution >= 4 is 35.0 Å². The van der Waals surface area contributed by atoms with Crippen LogP contribution in [0.25, 0.3) is 0 Å². The molecule has 16 heavy (non-hydrogen) atoms. The van der Waals surface area contributed by atoms with Gasteiger partial charge in [-0.15, -0.1) is 11.8 Å². The van der Waals surface area contributed by atoms with Crippen LogP contribution in [0.2, 0.25) is 5.02 Å². The predicted molar refractivity (Wildman–Crippen MR) is 65.2 cm³/mol. The van der Waals surface area contributed by atoms with Crippen LogP contribution >= 0.6 is 23.4 Å². The Morgan fingerprint density at radius 2 is 2.38 bits per heavy atom. The second kappa shape index (κ2) is 6.26. The minimum Gasteiger partial charge on any atom is -0.399 e. The molecule has 6 heteroatoms. The van der Waals surface area contributed by atoms with E-state index >= 15 is 0 Å². The van der Waals surface area contributed by atoms with Gasteiger partial charge in [0.25, 0.3) is 0 Å². The van der Waals surface area contributed by atoms with E-state index < -0.39 is 0 Å². The molecule has 0 aromatic heterocycles. The molecule has 84 valence electrons. The Kier molecular flexibility index (Phi) is 4.96. The minimum atomic E-state index is -0.204. The molecule has 0 heterocycles. The number of hydrogen-bond donors (Lipinski definition) is 2. The van der Waals surface area contributed by atoms with Gasteiger partial charge in [0, 0.05) is 10.6 Å². The zero-order chi connectivity index (χ0) is 12.0. The van der Waals surface area contributed by atoms with Crippen LogP contribution in [0.5, 0.6) is 0 Å². The Hall–Kier alpha value is -1.38. The summed E-state index contributed by atoms with van der Waals surface area (Å²) in [6.07, 6.45) is 0. The van der Waals surface area contributed by atoms with Crippen LogP contribution in [0.4, 0.5) is 5.69 Å². The van der Waals surface area contributed by atoms with Gasteiger partial charge in [0.05, 0.1) is 16.8 Å². The number of hydrogen-bond acceptors (Lipinski definition) is 4. The lowest BCUT2D eigenvalue weighted by Crippen LogP contribution is -2.25. The molecular weight excluding hydrogens is 246 g/mol. The van der Waals surface area contributed by atoms with Gasteiger partial charge in [0.1, 0.15) is 6.54 Å². The van der Waals surface area contributed by atoms with Gasteiger partial charge in [-0.25, -0.2) is 0 Å². The molecule has 1 amide bonds. The summed E-state index contributed by atoms with van der Waals surface area (Å²) in [7, 11) is 0. The topological polar surface area (TPSA) is 78.9 Å². The number of carbonyl (C=O) groups excluding carboxylic acids is 1. The lowest BCUT2D eigenvalue weighted by atomic mass is 10.3. The van der Waals surface area contributed by atoms with E-state index in [4.69, 9.17) is 22.6 Å². The van der Waals surface area contributed by atoms with Gasteiger partial charge in [-0.05, 0) is 18.2 Å². The van der Waals surface area contributed by atoms with Gasteiger partial charge < -0.3 is 11.1 Å². The Labute approximate surface area is 103 Å². The zero-order valence-electron chi connectivity index (χ0n) is 8.37. The normalized spacial score (nSPS) is 9.50. The van der Waals surface area contributed by atoms with Crippen LogP contribution in [0, 0.1) is 11.3 Å². The smallest absolute Gasteiger partial charge is 0.231 e. The second-order valence-corrected chi connectivity index (χ2v) is 4.34. The second-order valence-electron chi connectivity index (χ2n) is 2.91. The Bertz CT molecular complexity index is 431. The lowest BCUT2D eigenvalue weighted by molar-refractivity contribution is -0.118. The van der Waals surface area contributed by atoms with Gasteiger partial charge in [-0.2, -0.15) is 5.26 Å². The highest BCUT2D eigenvalue weighted by Gasteiger charge is 2.05. The van der Waals surface area contributed by atoms with Crippen LogP contribution in [-0.2, 0) is 4.79 Å². The average molecular weight is 256 g/mol. The standard InChI is InChI=1S/C10H10ClN3OS/c11-8-2-1-7(13)5-9(8)16-6-10(15)14-4-3-12/h1-2,5H,4,6,13H2,(H,14,15). The summed E-state index contributed by atoms with van der Waals surface area (Å²) in [6, 6.07) is 6.93. The largest absolute Gasteiger partial charge is 0.399 e. The first-order valence-corrected chi connectivity index (χ1v) is 5.81. The van der Waals surface area contributed by atoms with Crippen molar-refractivity contribution < 1.29 is 4.79 Å². The lowest BCUT2D eigenvalue weighted by Gasteiger charge is -2.04. The summed E-state index contributed by atoms with van der Waals surface area (Å²) in [5.41, 5.74) is 6.20. The first-order valence-electron chi connectivity index (χ1n) is 4.45. The number of nitrogens with zero attached hydrogens (tertiary/aromatic N) is 1. The van der Waals surface area contributed by atoms with Gasteiger partial charge in [-0.3, -0.25) is 4.79 Å². The maximum absolute atomic E-state index is 11.2. The number of nitrogen functional groups attached to an aromatic ring is 1. The number of benzene rings is 1. The molecule has 1 aromatic carbocycles. The van der Waals surface area contributed by atoms with E-state index in [0.29, 0.717) is 10.7 Å². The molecule has 0 radical (unpaired) electrons. The van der Waals surface area contributed by atoms with E-state index in [0.717, 1.165) is 4.90 Å². The van der Waals surface area contributed by atoms with Crippen LogP contribution < -0.4 is 11.1 Å². The first kappa shape index (κ1) is 12.7. The summed E-state index contributed by atoms with van der Waals surface area (Å²) in [5.74, 6) is 0.00948. The molecule has 0 unspecified atom stereocenters. The molecule has 0 saturated heterocycles. The summed E-state index contributed by atoms with van der Waals surface area (Å²) in [6.45, 7) is 0.0179. The van der Waals surface area contributed by atoms with Crippen LogP contribution in [0.15, 0.2) is 23.1 Å². The molecule has 0 saturated carbocycles. The number of nitrogens with two attached hydrogens (primary N) is 1. The number of halogens is 1. The van der Waals surface area contributed by atoms with Gasteiger partial charge >= 0.3 is 0 Å². The van der Waals surface area contributed by atoms with E-state index in [1.165, 1.54) is 11.8 Å². The van der Waals surface area contributed by atoms with Crippen molar-refractivity contribution in [3.8, 4) is 6.07 Å². The molecule has 0 aliphatic heterocycles. The zero-order valence-corrected chi connectivity index (χ0v) is 9.94. The maximum Gasteiger partial charge on any atom is 0.231 e. The van der Waals surface area contributed by atoms with Gasteiger partial charge in [0.15, 0.2) is 0 Å². The molecule has 4 nitrogen and oxygen atoms in total. The van der Waals surface area contributed by atoms with E-state index in [9.17, 15) is 4.79 Å². The van der Waals surface area contributed by atoms with Gasteiger partial charge in [0.2, 0.25) is 5.91 Å². The number of nitriles is 1. The third-order valence-corrected chi connectivity index (χ3v) is 3.18. The highest BCUT2D eigenvalue weighted by molar-refractivity contribution is 8.00. The number of thioether (sulfide) groups is 1. The fraction of sp³-hybridized carbons (Fsp3) is 0.200. The Morgan fingerprint density at radius 3 is 3.06 bits per heavy atom. The molecule has 1 rings (SSSR count). The summed E-state index contributed by atoms with van der Waals surface area (Å²) in [5, 5.41) is 11.3. The van der Waals surface area contributed by atoms with Crippen molar-refractivity contribution in [1.82, 2.24) is 5.32 Å². The first-order chi connectivity index (χ1) is 7.63.